The van der Waals surface area contributed by atoms with Gasteiger partial charge in [-0.3, -0.25) is 4.79 Å². The van der Waals surface area contributed by atoms with Gasteiger partial charge in [0.1, 0.15) is 0 Å². The number of nitrogens with zero attached hydrogens (tertiary/aromatic N) is 1. The third-order valence-electron chi connectivity index (χ3n) is 4.49. The summed E-state index contributed by atoms with van der Waals surface area (Å²) in [5, 5.41) is 0. The van der Waals surface area contributed by atoms with Crippen LogP contribution in [-0.4, -0.2) is 29.4 Å². The van der Waals surface area contributed by atoms with E-state index in [1.807, 2.05) is 0 Å². The highest BCUT2D eigenvalue weighted by Crippen LogP contribution is 2.30. The number of amides is 1. The average molecular weight is 261 g/mol. The van der Waals surface area contributed by atoms with Gasteiger partial charge >= 0.3 is 0 Å². The molecule has 17 heavy (non-hydrogen) atoms. The molecule has 4 heteroatoms. The lowest BCUT2D eigenvalue weighted by Gasteiger charge is -2.32. The third kappa shape index (κ3) is 3.14. The molecular weight excluding hydrogens is 236 g/mol. The van der Waals surface area contributed by atoms with Crippen molar-refractivity contribution in [3.63, 3.8) is 0 Å². The van der Waals surface area contributed by atoms with Crippen molar-refractivity contribution in [1.82, 2.24) is 4.90 Å². The molecular formula is C13H25ClN2O. The number of nitrogens with two attached hydrogens (primary N) is 1. The highest BCUT2D eigenvalue weighted by Gasteiger charge is 2.35. The maximum atomic E-state index is 12.4. The fourth-order valence-electron chi connectivity index (χ4n) is 3.09. The van der Waals surface area contributed by atoms with Crippen LogP contribution in [-0.2, 0) is 4.79 Å². The van der Waals surface area contributed by atoms with E-state index in [-0.39, 0.29) is 24.4 Å². The number of hydrogen-bond acceptors (Lipinski definition) is 2. The number of hydrogen-bond donors (Lipinski definition) is 1. The predicted molar refractivity (Wildman–Crippen MR) is 72.1 cm³/mol. The van der Waals surface area contributed by atoms with Crippen LogP contribution in [0.25, 0.3) is 0 Å². The van der Waals surface area contributed by atoms with E-state index < -0.39 is 0 Å². The van der Waals surface area contributed by atoms with Crippen molar-refractivity contribution >= 4 is 18.3 Å². The van der Waals surface area contributed by atoms with E-state index in [0.717, 1.165) is 38.6 Å². The standard InChI is InChI=1S/C13H24N2O.ClH/c1-9-6-7-15(10(9)2)13(16)11-4-3-5-12(14)8-11;/h9-12H,3-8,14H2,1-2H3;1H. The van der Waals surface area contributed by atoms with Crippen LogP contribution in [0, 0.1) is 11.8 Å². The molecule has 1 aliphatic heterocycles. The summed E-state index contributed by atoms with van der Waals surface area (Å²) in [5.74, 6) is 1.23. The molecule has 4 unspecified atom stereocenters. The summed E-state index contributed by atoms with van der Waals surface area (Å²) in [6, 6.07) is 0.670. The minimum atomic E-state index is 0. The van der Waals surface area contributed by atoms with Gasteiger partial charge in [-0.15, -0.1) is 12.4 Å². The average Bonchev–Trinajstić information content (AvgIpc) is 2.59. The predicted octanol–water partition coefficient (Wildman–Crippen LogP) is 2.18. The number of halogens is 1. The Morgan fingerprint density at radius 1 is 1.24 bits per heavy atom. The zero-order valence-electron chi connectivity index (χ0n) is 10.9. The molecule has 1 saturated carbocycles. The summed E-state index contributed by atoms with van der Waals surface area (Å²) >= 11 is 0. The Hall–Kier alpha value is -0.280. The van der Waals surface area contributed by atoms with E-state index in [0.29, 0.717) is 17.9 Å². The van der Waals surface area contributed by atoms with Crippen LogP contribution in [0.1, 0.15) is 46.0 Å². The first-order chi connectivity index (χ1) is 7.59. The van der Waals surface area contributed by atoms with Crippen LogP contribution in [0.3, 0.4) is 0 Å². The molecule has 1 heterocycles. The fourth-order valence-corrected chi connectivity index (χ4v) is 3.09. The molecule has 3 nitrogen and oxygen atoms in total. The van der Waals surface area contributed by atoms with Gasteiger partial charge in [-0.2, -0.15) is 0 Å². The van der Waals surface area contributed by atoms with Crippen molar-refractivity contribution in [1.29, 1.82) is 0 Å². The molecule has 2 N–H and O–H groups in total. The first kappa shape index (κ1) is 14.8. The van der Waals surface area contributed by atoms with E-state index in [1.165, 1.54) is 0 Å². The van der Waals surface area contributed by atoms with Crippen molar-refractivity contribution in [2.75, 3.05) is 6.54 Å². The van der Waals surface area contributed by atoms with E-state index in [1.54, 1.807) is 0 Å². The second kappa shape index (κ2) is 6.05. The summed E-state index contributed by atoms with van der Waals surface area (Å²) < 4.78 is 0. The highest BCUT2D eigenvalue weighted by atomic mass is 35.5. The molecule has 0 aromatic heterocycles. The molecule has 0 aromatic carbocycles. The monoisotopic (exact) mass is 260 g/mol. The van der Waals surface area contributed by atoms with Crippen molar-refractivity contribution < 1.29 is 4.79 Å². The van der Waals surface area contributed by atoms with Crippen molar-refractivity contribution in [2.24, 2.45) is 17.6 Å². The highest BCUT2D eigenvalue weighted by molar-refractivity contribution is 5.85. The van der Waals surface area contributed by atoms with Crippen LogP contribution in [0.5, 0.6) is 0 Å². The Morgan fingerprint density at radius 3 is 2.47 bits per heavy atom. The largest absolute Gasteiger partial charge is 0.339 e. The lowest BCUT2D eigenvalue weighted by atomic mass is 9.85. The number of likely N-dealkylation sites (tertiary alicyclic amines) is 1. The minimum absolute atomic E-state index is 0. The van der Waals surface area contributed by atoms with E-state index in [2.05, 4.69) is 18.7 Å². The quantitative estimate of drug-likeness (QED) is 0.786. The Balaban J connectivity index is 0.00000144. The Kier molecular flexibility index (Phi) is 5.26. The summed E-state index contributed by atoms with van der Waals surface area (Å²) in [7, 11) is 0. The Labute approximate surface area is 111 Å². The lowest BCUT2D eigenvalue weighted by molar-refractivity contribution is -0.137. The molecule has 4 atom stereocenters. The van der Waals surface area contributed by atoms with Crippen molar-refractivity contribution in [2.45, 2.75) is 58.0 Å². The van der Waals surface area contributed by atoms with E-state index >= 15 is 0 Å². The summed E-state index contributed by atoms with van der Waals surface area (Å²) in [5.41, 5.74) is 5.95. The van der Waals surface area contributed by atoms with E-state index in [4.69, 9.17) is 5.73 Å². The fraction of sp³-hybridized carbons (Fsp3) is 0.923. The van der Waals surface area contributed by atoms with Crippen molar-refractivity contribution in [3.8, 4) is 0 Å². The summed E-state index contributed by atoms with van der Waals surface area (Å²) in [4.78, 5) is 14.5. The zero-order chi connectivity index (χ0) is 11.7. The molecule has 0 radical (unpaired) electrons. The van der Waals surface area contributed by atoms with Crippen LogP contribution in [0.2, 0.25) is 0 Å². The molecule has 0 aromatic rings. The summed E-state index contributed by atoms with van der Waals surface area (Å²) in [6.45, 7) is 5.37. The Morgan fingerprint density at radius 2 is 1.94 bits per heavy atom. The first-order valence-corrected chi connectivity index (χ1v) is 6.65. The molecule has 0 bridgehead atoms. The van der Waals surface area contributed by atoms with Gasteiger partial charge in [-0.25, -0.2) is 0 Å². The normalized spacial score (nSPS) is 37.7. The number of carbonyl (C=O) groups excluding carboxylic acids is 1. The van der Waals surface area contributed by atoms with Gasteiger partial charge in [-0.1, -0.05) is 13.3 Å². The zero-order valence-corrected chi connectivity index (χ0v) is 11.7. The number of rotatable bonds is 1. The van der Waals surface area contributed by atoms with E-state index in [9.17, 15) is 4.79 Å². The maximum Gasteiger partial charge on any atom is 0.225 e. The Bertz CT molecular complexity index is 272. The second-order valence-electron chi connectivity index (χ2n) is 5.66. The number of carbonyl (C=O) groups is 1. The van der Waals surface area contributed by atoms with Gasteiger partial charge in [-0.05, 0) is 38.5 Å². The molecule has 1 aliphatic carbocycles. The van der Waals surface area contributed by atoms with Gasteiger partial charge in [0.15, 0.2) is 0 Å². The molecule has 0 spiro atoms. The molecule has 100 valence electrons. The topological polar surface area (TPSA) is 46.3 Å². The molecule has 1 amide bonds. The van der Waals surface area contributed by atoms with Gasteiger partial charge in [0, 0.05) is 24.5 Å². The van der Waals surface area contributed by atoms with Crippen LogP contribution in [0.15, 0.2) is 0 Å². The first-order valence-electron chi connectivity index (χ1n) is 6.65. The van der Waals surface area contributed by atoms with Gasteiger partial charge in [0.25, 0.3) is 0 Å². The lowest BCUT2D eigenvalue weighted by Crippen LogP contribution is -2.42. The molecule has 2 fully saturated rings. The van der Waals surface area contributed by atoms with Crippen LogP contribution >= 0.6 is 12.4 Å². The maximum absolute atomic E-state index is 12.4. The molecule has 1 saturated heterocycles. The third-order valence-corrected chi connectivity index (χ3v) is 4.49. The SMILES string of the molecule is CC1CCN(C(=O)C2CCCC(N)C2)C1C.Cl. The molecule has 2 rings (SSSR count). The smallest absolute Gasteiger partial charge is 0.225 e. The molecule has 2 aliphatic rings. The second-order valence-corrected chi connectivity index (χ2v) is 5.66. The minimum Gasteiger partial charge on any atom is -0.339 e. The van der Waals surface area contributed by atoms with Gasteiger partial charge in [0.05, 0.1) is 0 Å². The van der Waals surface area contributed by atoms with Gasteiger partial charge in [0.2, 0.25) is 5.91 Å². The van der Waals surface area contributed by atoms with Crippen LogP contribution < -0.4 is 5.73 Å². The van der Waals surface area contributed by atoms with Crippen LogP contribution in [0.4, 0.5) is 0 Å². The van der Waals surface area contributed by atoms with Gasteiger partial charge < -0.3 is 10.6 Å². The van der Waals surface area contributed by atoms with Crippen molar-refractivity contribution in [3.05, 3.63) is 0 Å². The summed E-state index contributed by atoms with van der Waals surface area (Å²) in [6.07, 6.45) is 5.32.